The van der Waals surface area contributed by atoms with Crippen LogP contribution in [-0.2, 0) is 11.4 Å². The topological polar surface area (TPSA) is 113 Å². The van der Waals surface area contributed by atoms with E-state index in [9.17, 15) is 9.59 Å². The van der Waals surface area contributed by atoms with Crippen LogP contribution in [0.3, 0.4) is 0 Å². The van der Waals surface area contributed by atoms with Crippen molar-refractivity contribution in [3.8, 4) is 11.8 Å². The molecule has 3 N–H and O–H groups in total. The summed E-state index contributed by atoms with van der Waals surface area (Å²) in [6, 6.07) is 13.2. The lowest BCUT2D eigenvalue weighted by Crippen LogP contribution is -2.12. The van der Waals surface area contributed by atoms with E-state index in [0.29, 0.717) is 15.8 Å². The van der Waals surface area contributed by atoms with Crippen LogP contribution in [0.4, 0.5) is 0 Å². The lowest BCUT2D eigenvalue weighted by molar-refractivity contribution is -0.114. The van der Waals surface area contributed by atoms with Crippen molar-refractivity contribution in [1.82, 2.24) is 0 Å². The predicted molar refractivity (Wildman–Crippen MR) is 94.7 cm³/mol. The highest BCUT2D eigenvalue weighted by molar-refractivity contribution is 9.10. The smallest absolute Gasteiger partial charge is 0.335 e. The van der Waals surface area contributed by atoms with Gasteiger partial charge in [-0.25, -0.2) is 4.79 Å². The van der Waals surface area contributed by atoms with E-state index in [1.54, 1.807) is 36.4 Å². The van der Waals surface area contributed by atoms with E-state index in [-0.39, 0.29) is 17.7 Å². The number of primary amides is 1. The number of carboxylic acids is 1. The van der Waals surface area contributed by atoms with E-state index in [0.717, 1.165) is 5.56 Å². The Kier molecular flexibility index (Phi) is 5.93. The van der Waals surface area contributed by atoms with Gasteiger partial charge < -0.3 is 15.6 Å². The molecular weight excluding hydrogens is 388 g/mol. The fraction of sp³-hybridized carbons (Fsp3) is 0.0556. The first kappa shape index (κ1) is 18.2. The Labute approximate surface area is 152 Å². The fourth-order valence-corrected chi connectivity index (χ4v) is 2.46. The van der Waals surface area contributed by atoms with Gasteiger partial charge in [0, 0.05) is 0 Å². The monoisotopic (exact) mass is 400 g/mol. The molecule has 0 atom stereocenters. The van der Waals surface area contributed by atoms with Gasteiger partial charge >= 0.3 is 5.97 Å². The average molecular weight is 401 g/mol. The van der Waals surface area contributed by atoms with Gasteiger partial charge in [-0.1, -0.05) is 18.2 Å². The number of nitrogens with two attached hydrogens (primary N) is 1. The summed E-state index contributed by atoms with van der Waals surface area (Å²) in [5.41, 5.74) is 6.62. The molecule has 0 saturated heterocycles. The number of amides is 1. The first-order valence-electron chi connectivity index (χ1n) is 7.07. The third-order valence-electron chi connectivity index (χ3n) is 3.25. The molecule has 25 heavy (non-hydrogen) atoms. The van der Waals surface area contributed by atoms with Crippen molar-refractivity contribution in [2.24, 2.45) is 5.73 Å². The summed E-state index contributed by atoms with van der Waals surface area (Å²) < 4.78 is 6.33. The van der Waals surface area contributed by atoms with Crippen LogP contribution in [0.1, 0.15) is 21.5 Å². The Hall–Kier alpha value is -3.11. The Morgan fingerprint density at radius 1 is 1.24 bits per heavy atom. The standard InChI is InChI=1S/C18H13BrN2O4/c19-15-8-12(7-14(9-20)17(21)22)3-6-16(15)25-10-11-1-4-13(5-2-11)18(23)24/h1-8H,10H2,(H2,21,22)(H,23,24)/b14-7-. The molecule has 2 rings (SSSR count). The average Bonchev–Trinajstić information content (AvgIpc) is 2.59. The molecule has 0 heterocycles. The minimum absolute atomic E-state index is 0.140. The highest BCUT2D eigenvalue weighted by Crippen LogP contribution is 2.27. The second-order valence-corrected chi connectivity index (χ2v) is 5.87. The van der Waals surface area contributed by atoms with Crippen molar-refractivity contribution in [2.45, 2.75) is 6.61 Å². The summed E-state index contributed by atoms with van der Waals surface area (Å²) in [5.74, 6) is -1.20. The molecule has 2 aromatic rings. The highest BCUT2D eigenvalue weighted by Gasteiger charge is 2.07. The van der Waals surface area contributed by atoms with Gasteiger partial charge in [-0.05, 0) is 57.4 Å². The lowest BCUT2D eigenvalue weighted by atomic mass is 10.1. The quantitative estimate of drug-likeness (QED) is 0.570. The number of benzene rings is 2. The molecule has 0 aliphatic rings. The molecule has 0 aliphatic carbocycles. The molecule has 0 saturated carbocycles. The maximum absolute atomic E-state index is 11.1. The summed E-state index contributed by atoms with van der Waals surface area (Å²) in [6.07, 6.45) is 1.39. The van der Waals surface area contributed by atoms with E-state index in [1.165, 1.54) is 18.2 Å². The van der Waals surface area contributed by atoms with Crippen molar-refractivity contribution in [1.29, 1.82) is 5.26 Å². The van der Waals surface area contributed by atoms with Gasteiger partial charge in [0.15, 0.2) is 0 Å². The Balaban J connectivity index is 2.10. The van der Waals surface area contributed by atoms with Crippen molar-refractivity contribution in [3.05, 3.63) is 69.2 Å². The third-order valence-corrected chi connectivity index (χ3v) is 3.87. The molecule has 0 fully saturated rings. The largest absolute Gasteiger partial charge is 0.488 e. The second-order valence-electron chi connectivity index (χ2n) is 5.01. The van der Waals surface area contributed by atoms with Crippen LogP contribution in [0.25, 0.3) is 6.08 Å². The van der Waals surface area contributed by atoms with Gasteiger partial charge in [0.25, 0.3) is 5.91 Å². The number of halogens is 1. The Morgan fingerprint density at radius 3 is 2.44 bits per heavy atom. The number of carbonyl (C=O) groups excluding carboxylic acids is 1. The number of nitriles is 1. The maximum atomic E-state index is 11.1. The lowest BCUT2D eigenvalue weighted by Gasteiger charge is -2.09. The third kappa shape index (κ3) is 4.93. The van der Waals surface area contributed by atoms with Gasteiger partial charge in [-0.2, -0.15) is 5.26 Å². The number of carbonyl (C=O) groups is 2. The van der Waals surface area contributed by atoms with Gasteiger partial charge in [-0.3, -0.25) is 4.79 Å². The molecule has 0 aliphatic heterocycles. The van der Waals surface area contributed by atoms with Crippen molar-refractivity contribution >= 4 is 33.9 Å². The van der Waals surface area contributed by atoms with E-state index in [2.05, 4.69) is 15.9 Å². The summed E-state index contributed by atoms with van der Waals surface area (Å²) in [6.45, 7) is 0.262. The van der Waals surface area contributed by atoms with Crippen LogP contribution in [0.2, 0.25) is 0 Å². The maximum Gasteiger partial charge on any atom is 0.335 e. The number of rotatable bonds is 6. The SMILES string of the molecule is N#C/C(=C/c1ccc(OCc2ccc(C(=O)O)cc2)c(Br)c1)C(N)=O. The molecule has 6 nitrogen and oxygen atoms in total. The first-order chi connectivity index (χ1) is 11.9. The summed E-state index contributed by atoms with van der Waals surface area (Å²) in [5, 5.41) is 17.7. The number of hydrogen-bond acceptors (Lipinski definition) is 4. The molecule has 0 radical (unpaired) electrons. The predicted octanol–water partition coefficient (Wildman–Crippen LogP) is 3.12. The van der Waals surface area contributed by atoms with Crippen molar-refractivity contribution in [2.75, 3.05) is 0 Å². The van der Waals surface area contributed by atoms with Gasteiger partial charge in [0.05, 0.1) is 10.0 Å². The number of hydrogen-bond donors (Lipinski definition) is 2. The normalized spacial score (nSPS) is 10.8. The molecule has 2 aromatic carbocycles. The Morgan fingerprint density at radius 2 is 1.92 bits per heavy atom. The molecule has 0 bridgehead atoms. The molecule has 126 valence electrons. The van der Waals surface area contributed by atoms with Crippen molar-refractivity contribution in [3.63, 3.8) is 0 Å². The molecule has 1 amide bonds. The second kappa shape index (κ2) is 8.13. The van der Waals surface area contributed by atoms with Crippen LogP contribution in [0, 0.1) is 11.3 Å². The van der Waals surface area contributed by atoms with Crippen LogP contribution >= 0.6 is 15.9 Å². The number of ether oxygens (including phenoxy) is 1. The van der Waals surface area contributed by atoms with Gasteiger partial charge in [0.2, 0.25) is 0 Å². The van der Waals surface area contributed by atoms with E-state index in [4.69, 9.17) is 20.8 Å². The number of nitrogens with zero attached hydrogens (tertiary/aromatic N) is 1. The molecule has 0 aromatic heterocycles. The molecule has 7 heteroatoms. The highest BCUT2D eigenvalue weighted by atomic mass is 79.9. The van der Waals surface area contributed by atoms with Crippen LogP contribution in [0.5, 0.6) is 5.75 Å². The first-order valence-corrected chi connectivity index (χ1v) is 7.86. The van der Waals surface area contributed by atoms with Crippen LogP contribution in [-0.4, -0.2) is 17.0 Å². The molecule has 0 unspecified atom stereocenters. The minimum atomic E-state index is -0.980. The summed E-state index contributed by atoms with van der Waals surface area (Å²) in [4.78, 5) is 21.9. The molecular formula is C18H13BrN2O4. The van der Waals surface area contributed by atoms with Crippen LogP contribution < -0.4 is 10.5 Å². The van der Waals surface area contributed by atoms with E-state index < -0.39 is 11.9 Å². The number of aromatic carboxylic acids is 1. The number of carboxylic acid groups (broad SMARTS) is 1. The zero-order valence-corrected chi connectivity index (χ0v) is 14.5. The summed E-state index contributed by atoms with van der Waals surface area (Å²) >= 11 is 3.37. The molecule has 0 spiro atoms. The van der Waals surface area contributed by atoms with Gasteiger partial charge in [0.1, 0.15) is 24.0 Å². The Bertz CT molecular complexity index is 883. The van der Waals surface area contributed by atoms with Crippen LogP contribution in [0.15, 0.2) is 52.5 Å². The van der Waals surface area contributed by atoms with Crippen molar-refractivity contribution < 1.29 is 19.4 Å². The van der Waals surface area contributed by atoms with E-state index >= 15 is 0 Å². The van der Waals surface area contributed by atoms with E-state index in [1.807, 2.05) is 0 Å². The fourth-order valence-electron chi connectivity index (χ4n) is 1.95. The zero-order chi connectivity index (χ0) is 18.4. The van der Waals surface area contributed by atoms with Gasteiger partial charge in [-0.15, -0.1) is 0 Å². The summed E-state index contributed by atoms with van der Waals surface area (Å²) in [7, 11) is 0. The minimum Gasteiger partial charge on any atom is -0.488 e. The zero-order valence-electron chi connectivity index (χ0n) is 12.9.